The van der Waals surface area contributed by atoms with Gasteiger partial charge in [-0.25, -0.2) is 0 Å². The van der Waals surface area contributed by atoms with Crippen molar-refractivity contribution in [2.45, 2.75) is 38.4 Å². The van der Waals surface area contributed by atoms with Crippen LogP contribution in [0.4, 0.5) is 0 Å². The largest absolute Gasteiger partial charge is 0.466 e. The summed E-state index contributed by atoms with van der Waals surface area (Å²) in [6.45, 7) is 3.24. The lowest BCUT2D eigenvalue weighted by Gasteiger charge is -2.34. The average molecular weight is 242 g/mol. The SMILES string of the molecule is CCOC(=O)CC1CC2(CCC1=O)OCCO2. The number of ketones is 1. The van der Waals surface area contributed by atoms with Crippen molar-refractivity contribution in [1.29, 1.82) is 0 Å². The van der Waals surface area contributed by atoms with Gasteiger partial charge < -0.3 is 14.2 Å². The average Bonchev–Trinajstić information content (AvgIpc) is 2.73. The Hall–Kier alpha value is -0.940. The van der Waals surface area contributed by atoms with Gasteiger partial charge in [-0.1, -0.05) is 0 Å². The molecule has 1 saturated carbocycles. The lowest BCUT2D eigenvalue weighted by atomic mass is 9.82. The summed E-state index contributed by atoms with van der Waals surface area (Å²) in [6.07, 6.45) is 1.64. The minimum atomic E-state index is -0.620. The van der Waals surface area contributed by atoms with Crippen LogP contribution in [-0.2, 0) is 23.8 Å². The van der Waals surface area contributed by atoms with E-state index in [0.717, 1.165) is 0 Å². The van der Waals surface area contributed by atoms with Crippen molar-refractivity contribution in [3.05, 3.63) is 0 Å². The highest BCUT2D eigenvalue weighted by Crippen LogP contribution is 2.38. The molecule has 1 unspecified atom stereocenters. The van der Waals surface area contributed by atoms with Gasteiger partial charge in [0.2, 0.25) is 0 Å². The first-order valence-corrected chi connectivity index (χ1v) is 6.11. The Morgan fingerprint density at radius 3 is 2.82 bits per heavy atom. The Morgan fingerprint density at radius 2 is 2.18 bits per heavy atom. The van der Waals surface area contributed by atoms with Gasteiger partial charge in [-0.3, -0.25) is 9.59 Å². The van der Waals surface area contributed by atoms with E-state index in [1.54, 1.807) is 6.92 Å². The maximum Gasteiger partial charge on any atom is 0.306 e. The summed E-state index contributed by atoms with van der Waals surface area (Å²) in [6, 6.07) is 0. The molecule has 0 aromatic carbocycles. The molecule has 2 aliphatic rings. The molecule has 96 valence electrons. The van der Waals surface area contributed by atoms with Crippen LogP contribution in [0.2, 0.25) is 0 Å². The molecule has 1 heterocycles. The molecular weight excluding hydrogens is 224 g/mol. The van der Waals surface area contributed by atoms with Crippen LogP contribution in [0.5, 0.6) is 0 Å². The first-order valence-electron chi connectivity index (χ1n) is 6.11. The lowest BCUT2D eigenvalue weighted by molar-refractivity contribution is -0.190. The number of rotatable bonds is 3. The minimum absolute atomic E-state index is 0.114. The van der Waals surface area contributed by atoms with E-state index in [9.17, 15) is 9.59 Å². The fourth-order valence-corrected chi connectivity index (χ4v) is 2.48. The number of esters is 1. The fourth-order valence-electron chi connectivity index (χ4n) is 2.48. The molecule has 0 amide bonds. The van der Waals surface area contributed by atoms with E-state index < -0.39 is 5.79 Å². The van der Waals surface area contributed by atoms with Gasteiger partial charge in [0.1, 0.15) is 5.78 Å². The number of hydrogen-bond acceptors (Lipinski definition) is 5. The van der Waals surface area contributed by atoms with E-state index in [0.29, 0.717) is 39.1 Å². The molecule has 0 N–H and O–H groups in total. The molecule has 5 nitrogen and oxygen atoms in total. The van der Waals surface area contributed by atoms with Gasteiger partial charge in [0.25, 0.3) is 0 Å². The molecule has 1 atom stereocenters. The summed E-state index contributed by atoms with van der Waals surface area (Å²) in [7, 11) is 0. The Labute approximate surface area is 100 Å². The zero-order valence-corrected chi connectivity index (χ0v) is 10.1. The van der Waals surface area contributed by atoms with Crippen LogP contribution in [0.15, 0.2) is 0 Å². The van der Waals surface area contributed by atoms with E-state index in [4.69, 9.17) is 14.2 Å². The smallest absolute Gasteiger partial charge is 0.306 e. The molecule has 17 heavy (non-hydrogen) atoms. The number of carbonyl (C=O) groups is 2. The summed E-state index contributed by atoms with van der Waals surface area (Å²) in [4.78, 5) is 23.2. The number of Topliss-reactive ketones (excluding diaryl/α,β-unsaturated/α-hetero) is 1. The van der Waals surface area contributed by atoms with Gasteiger partial charge in [0.05, 0.1) is 26.2 Å². The van der Waals surface area contributed by atoms with E-state index >= 15 is 0 Å². The maximum atomic E-state index is 11.8. The molecule has 1 saturated heterocycles. The first kappa shape index (κ1) is 12.5. The van der Waals surface area contributed by atoms with E-state index in [1.807, 2.05) is 0 Å². The van der Waals surface area contributed by atoms with Crippen molar-refractivity contribution in [1.82, 2.24) is 0 Å². The van der Waals surface area contributed by atoms with Gasteiger partial charge in [0, 0.05) is 25.2 Å². The van der Waals surface area contributed by atoms with Gasteiger partial charge in [-0.15, -0.1) is 0 Å². The second-order valence-corrected chi connectivity index (χ2v) is 4.48. The molecule has 1 spiro atoms. The molecule has 1 aliphatic carbocycles. The highest BCUT2D eigenvalue weighted by Gasteiger charge is 2.45. The van der Waals surface area contributed by atoms with Crippen molar-refractivity contribution in [2.75, 3.05) is 19.8 Å². The molecule has 2 rings (SSSR count). The van der Waals surface area contributed by atoms with Crippen LogP contribution in [0.25, 0.3) is 0 Å². The Kier molecular flexibility index (Phi) is 3.79. The molecule has 0 radical (unpaired) electrons. The Morgan fingerprint density at radius 1 is 1.47 bits per heavy atom. The lowest BCUT2D eigenvalue weighted by Crippen LogP contribution is -2.41. The van der Waals surface area contributed by atoms with Crippen LogP contribution in [0.3, 0.4) is 0 Å². The summed E-state index contributed by atoms with van der Waals surface area (Å²) >= 11 is 0. The van der Waals surface area contributed by atoms with Crippen molar-refractivity contribution in [3.8, 4) is 0 Å². The van der Waals surface area contributed by atoms with E-state index in [2.05, 4.69) is 0 Å². The highest BCUT2D eigenvalue weighted by atomic mass is 16.7. The van der Waals surface area contributed by atoms with Gasteiger partial charge >= 0.3 is 5.97 Å². The molecular formula is C12H18O5. The molecule has 5 heteroatoms. The zero-order valence-electron chi connectivity index (χ0n) is 10.1. The summed E-state index contributed by atoms with van der Waals surface area (Å²) in [5.74, 6) is -1.14. The highest BCUT2D eigenvalue weighted by molar-refractivity contribution is 5.86. The van der Waals surface area contributed by atoms with E-state index in [1.165, 1.54) is 0 Å². The van der Waals surface area contributed by atoms with Gasteiger partial charge in [0.15, 0.2) is 5.79 Å². The molecule has 0 aromatic rings. The maximum absolute atomic E-state index is 11.8. The van der Waals surface area contributed by atoms with Crippen molar-refractivity contribution in [3.63, 3.8) is 0 Å². The monoisotopic (exact) mass is 242 g/mol. The van der Waals surface area contributed by atoms with Crippen molar-refractivity contribution < 1.29 is 23.8 Å². The normalized spacial score (nSPS) is 27.4. The van der Waals surface area contributed by atoms with Gasteiger partial charge in [-0.05, 0) is 6.92 Å². The van der Waals surface area contributed by atoms with Crippen LogP contribution >= 0.6 is 0 Å². The Balaban J connectivity index is 1.95. The van der Waals surface area contributed by atoms with Crippen LogP contribution < -0.4 is 0 Å². The summed E-state index contributed by atoms with van der Waals surface area (Å²) in [5.41, 5.74) is 0. The third-order valence-electron chi connectivity index (χ3n) is 3.30. The number of carbonyl (C=O) groups excluding carboxylic acids is 2. The second-order valence-electron chi connectivity index (χ2n) is 4.48. The zero-order chi connectivity index (χ0) is 12.3. The molecule has 2 fully saturated rings. The standard InChI is InChI=1S/C12H18O5/c1-2-15-11(14)7-9-8-12(4-3-10(9)13)16-5-6-17-12/h9H,2-8H2,1H3. The topological polar surface area (TPSA) is 61.8 Å². The van der Waals surface area contributed by atoms with Crippen LogP contribution in [-0.4, -0.2) is 37.4 Å². The summed E-state index contributed by atoms with van der Waals surface area (Å²) in [5, 5.41) is 0. The minimum Gasteiger partial charge on any atom is -0.466 e. The van der Waals surface area contributed by atoms with Crippen LogP contribution in [0, 0.1) is 5.92 Å². The predicted octanol–water partition coefficient (Wildman–Crippen LogP) is 1.05. The molecule has 0 aromatic heterocycles. The number of hydrogen-bond donors (Lipinski definition) is 0. The first-order chi connectivity index (χ1) is 8.15. The third-order valence-corrected chi connectivity index (χ3v) is 3.30. The summed E-state index contributed by atoms with van der Waals surface area (Å²) < 4.78 is 16.0. The van der Waals surface area contributed by atoms with Crippen LogP contribution in [0.1, 0.15) is 32.6 Å². The predicted molar refractivity (Wildman–Crippen MR) is 58.2 cm³/mol. The fraction of sp³-hybridized carbons (Fsp3) is 0.833. The second kappa shape index (κ2) is 5.14. The van der Waals surface area contributed by atoms with Gasteiger partial charge in [-0.2, -0.15) is 0 Å². The number of ether oxygens (including phenoxy) is 3. The Bertz CT molecular complexity index is 306. The van der Waals surface area contributed by atoms with E-state index in [-0.39, 0.29) is 24.1 Å². The van der Waals surface area contributed by atoms with Crippen molar-refractivity contribution in [2.24, 2.45) is 5.92 Å². The third kappa shape index (κ3) is 2.84. The van der Waals surface area contributed by atoms with Crippen molar-refractivity contribution >= 4 is 11.8 Å². The molecule has 1 aliphatic heterocycles. The quantitative estimate of drug-likeness (QED) is 0.692. The molecule has 0 bridgehead atoms.